The van der Waals surface area contributed by atoms with Crippen molar-refractivity contribution in [2.24, 2.45) is 10.9 Å². The Morgan fingerprint density at radius 1 is 1.33 bits per heavy atom. The lowest BCUT2D eigenvalue weighted by molar-refractivity contribution is 0.365. The molecule has 4 heterocycles. The predicted octanol–water partition coefficient (Wildman–Crippen LogP) is 3.78. The number of nitrogens with zero attached hydrogens (tertiary/aromatic N) is 6. The number of aromatic nitrogens is 4. The van der Waals surface area contributed by atoms with E-state index in [1.165, 1.54) is 0 Å². The summed E-state index contributed by atoms with van der Waals surface area (Å²) in [6, 6.07) is 5.85. The average Bonchev–Trinajstić information content (AvgIpc) is 3.08. The highest BCUT2D eigenvalue weighted by Gasteiger charge is 2.49. The maximum atomic E-state index is 6.57. The van der Waals surface area contributed by atoms with E-state index < -0.39 is 0 Å². The maximum absolute atomic E-state index is 6.57. The Kier molecular flexibility index (Phi) is 2.92. The molecule has 0 spiro atoms. The molecule has 2 aromatic heterocycles. The van der Waals surface area contributed by atoms with Gasteiger partial charge >= 0.3 is 5.95 Å². The van der Waals surface area contributed by atoms with E-state index in [-0.39, 0.29) is 4.48 Å². The molecule has 0 amide bonds. The third-order valence-corrected chi connectivity index (χ3v) is 6.01. The molecule has 134 valence electrons. The third kappa shape index (κ3) is 2.01. The van der Waals surface area contributed by atoms with Crippen LogP contribution in [0.3, 0.4) is 0 Å². The number of benzene rings is 1. The second kappa shape index (κ2) is 5.15. The van der Waals surface area contributed by atoms with Crippen LogP contribution in [0.1, 0.15) is 36.4 Å². The molecule has 1 aromatic carbocycles. The Labute approximate surface area is 160 Å². The van der Waals surface area contributed by atoms with E-state index in [2.05, 4.69) is 17.1 Å². The highest BCUT2D eigenvalue weighted by Crippen LogP contribution is 2.47. The van der Waals surface area contributed by atoms with Gasteiger partial charge in [-0.2, -0.15) is 9.48 Å². The van der Waals surface area contributed by atoms with Gasteiger partial charge in [0.2, 0.25) is 11.7 Å². The van der Waals surface area contributed by atoms with Crippen molar-refractivity contribution >= 4 is 23.4 Å². The molecule has 1 aliphatic carbocycles. The average molecular weight is 380 g/mol. The summed E-state index contributed by atoms with van der Waals surface area (Å²) in [6.45, 7) is 2.78. The van der Waals surface area contributed by atoms with Crippen LogP contribution in [0.15, 0.2) is 52.6 Å². The summed E-state index contributed by atoms with van der Waals surface area (Å²) in [5, 5.41) is 5.01. The van der Waals surface area contributed by atoms with Crippen LogP contribution < -0.4 is 4.48 Å². The van der Waals surface area contributed by atoms with E-state index in [0.29, 0.717) is 35.2 Å². The lowest BCUT2D eigenvalue weighted by atomic mass is 10.1. The van der Waals surface area contributed by atoms with E-state index in [0.717, 1.165) is 29.2 Å². The zero-order valence-corrected chi connectivity index (χ0v) is 15.3. The van der Waals surface area contributed by atoms with E-state index in [1.807, 2.05) is 41.4 Å². The van der Waals surface area contributed by atoms with Gasteiger partial charge in [0.25, 0.3) is 0 Å². The zero-order valence-electron chi connectivity index (χ0n) is 14.6. The highest BCUT2D eigenvalue weighted by molar-refractivity contribution is 6.33. The van der Waals surface area contributed by atoms with Gasteiger partial charge in [-0.3, -0.25) is 4.57 Å². The minimum atomic E-state index is 0.267. The molecule has 3 atom stereocenters. The van der Waals surface area contributed by atoms with E-state index in [4.69, 9.17) is 26.1 Å². The summed E-state index contributed by atoms with van der Waals surface area (Å²) in [4.78, 5) is 13.8. The number of amidine groups is 1. The number of hydrogen-bond acceptors (Lipinski definition) is 5. The predicted molar refractivity (Wildman–Crippen MR) is 101 cm³/mol. The van der Waals surface area contributed by atoms with Gasteiger partial charge in [0.15, 0.2) is 0 Å². The van der Waals surface area contributed by atoms with Crippen LogP contribution in [-0.2, 0) is 6.54 Å². The van der Waals surface area contributed by atoms with E-state index in [1.54, 1.807) is 6.33 Å². The number of quaternary nitrogens is 1. The van der Waals surface area contributed by atoms with Crippen LogP contribution in [0.2, 0.25) is 5.02 Å². The van der Waals surface area contributed by atoms with Crippen LogP contribution in [0.25, 0.3) is 5.69 Å². The van der Waals surface area contributed by atoms with Crippen molar-refractivity contribution < 1.29 is 4.52 Å². The molecule has 0 bridgehead atoms. The third-order valence-electron chi connectivity index (χ3n) is 5.71. The van der Waals surface area contributed by atoms with Crippen molar-refractivity contribution in [3.05, 3.63) is 65.3 Å². The van der Waals surface area contributed by atoms with Crippen LogP contribution in [0, 0.1) is 5.92 Å². The molecule has 27 heavy (non-hydrogen) atoms. The first-order valence-corrected chi connectivity index (χ1v) is 9.34. The summed E-state index contributed by atoms with van der Waals surface area (Å²) in [6.07, 6.45) is 8.56. The molecule has 0 radical (unpaired) electrons. The Morgan fingerprint density at radius 3 is 3.07 bits per heavy atom. The first kappa shape index (κ1) is 15.3. The number of para-hydroxylation sites is 1. The van der Waals surface area contributed by atoms with Crippen LogP contribution in [0.4, 0.5) is 5.95 Å². The molecular formula is C19H16ClN6O+. The quantitative estimate of drug-likeness (QED) is 0.635. The number of hydrogen-bond donors (Lipinski definition) is 0. The lowest BCUT2D eigenvalue weighted by Crippen LogP contribution is -2.47. The van der Waals surface area contributed by atoms with Crippen LogP contribution >= 0.6 is 11.6 Å². The lowest BCUT2D eigenvalue weighted by Gasteiger charge is -2.25. The van der Waals surface area contributed by atoms with Gasteiger partial charge in [0.1, 0.15) is 12.7 Å². The fraction of sp³-hybridized carbons (Fsp3) is 0.263. The fourth-order valence-electron chi connectivity index (χ4n) is 4.08. The number of rotatable bonds is 2. The SMILES string of the molecule is CC1CC1c1nc([N+]23C=CN=C2c2cccc(Cl)c2-n2cncc2C3)no1. The van der Waals surface area contributed by atoms with Crippen molar-refractivity contribution in [1.29, 1.82) is 0 Å². The summed E-state index contributed by atoms with van der Waals surface area (Å²) < 4.78 is 7.91. The van der Waals surface area contributed by atoms with Crippen LogP contribution in [0.5, 0.6) is 0 Å². The molecule has 3 aliphatic rings. The van der Waals surface area contributed by atoms with Crippen molar-refractivity contribution in [2.45, 2.75) is 25.8 Å². The Bertz CT molecular complexity index is 1140. The molecule has 6 rings (SSSR count). The second-order valence-corrected chi connectivity index (χ2v) is 7.83. The van der Waals surface area contributed by atoms with Gasteiger partial charge in [-0.05, 0) is 24.5 Å². The molecule has 7 nitrogen and oxygen atoms in total. The first-order chi connectivity index (χ1) is 13.2. The molecule has 1 fully saturated rings. The number of aliphatic imine (C=N–C) groups is 1. The summed E-state index contributed by atoms with van der Waals surface area (Å²) in [5.74, 6) is 3.12. The van der Waals surface area contributed by atoms with Crippen LogP contribution in [-0.4, -0.2) is 25.5 Å². The molecule has 3 unspecified atom stereocenters. The van der Waals surface area contributed by atoms with Gasteiger partial charge in [0, 0.05) is 11.1 Å². The number of halogens is 1. The number of imidazole rings is 1. The van der Waals surface area contributed by atoms with E-state index in [9.17, 15) is 0 Å². The monoisotopic (exact) mass is 379 g/mol. The topological polar surface area (TPSA) is 69.1 Å². The molecule has 0 saturated heterocycles. The van der Waals surface area contributed by atoms with E-state index >= 15 is 0 Å². The normalized spacial score (nSPS) is 27.6. The van der Waals surface area contributed by atoms with Crippen molar-refractivity contribution in [3.8, 4) is 5.69 Å². The van der Waals surface area contributed by atoms with Gasteiger partial charge in [-0.15, -0.1) is 4.98 Å². The van der Waals surface area contributed by atoms with Crippen molar-refractivity contribution in [2.75, 3.05) is 0 Å². The van der Waals surface area contributed by atoms with Gasteiger partial charge < -0.3 is 4.52 Å². The summed E-state index contributed by atoms with van der Waals surface area (Å²) in [5.41, 5.74) is 2.83. The molecule has 8 heteroatoms. The van der Waals surface area contributed by atoms with Crippen molar-refractivity contribution in [3.63, 3.8) is 0 Å². The molecule has 0 N–H and O–H groups in total. The van der Waals surface area contributed by atoms with Gasteiger partial charge in [-0.1, -0.05) is 24.6 Å². The zero-order chi connectivity index (χ0) is 18.2. The Hall–Kier alpha value is -2.77. The maximum Gasteiger partial charge on any atom is 0.377 e. The minimum absolute atomic E-state index is 0.267. The summed E-state index contributed by atoms with van der Waals surface area (Å²) >= 11 is 6.57. The molecular weight excluding hydrogens is 364 g/mol. The van der Waals surface area contributed by atoms with Gasteiger partial charge in [0.05, 0.1) is 40.7 Å². The smallest absolute Gasteiger partial charge is 0.334 e. The first-order valence-electron chi connectivity index (χ1n) is 8.96. The molecule has 2 aliphatic heterocycles. The molecule has 1 saturated carbocycles. The highest BCUT2D eigenvalue weighted by atomic mass is 35.5. The van der Waals surface area contributed by atoms with Gasteiger partial charge in [-0.25, -0.2) is 4.98 Å². The summed E-state index contributed by atoms with van der Waals surface area (Å²) in [7, 11) is 0. The van der Waals surface area contributed by atoms with Crippen molar-refractivity contribution in [1.82, 2.24) is 24.2 Å². The Balaban J connectivity index is 1.59. The fourth-order valence-corrected chi connectivity index (χ4v) is 4.34. The number of fused-ring (bicyclic) bond motifs is 5. The molecule has 3 aromatic rings. The largest absolute Gasteiger partial charge is 0.377 e. The standard InChI is InChI=1S/C19H16ClN6O/c1-11-7-14(11)18-23-19(24-27-18)26-6-5-22-17(26)13-3-2-4-15(20)16(13)25-10-21-8-12(25)9-26/h2-6,8,10-11,14H,7,9H2,1H3/q+1. The minimum Gasteiger partial charge on any atom is -0.334 e. The Morgan fingerprint density at radius 2 is 2.22 bits per heavy atom. The second-order valence-electron chi connectivity index (χ2n) is 7.42.